The molecule has 130 valence electrons. The summed E-state index contributed by atoms with van der Waals surface area (Å²) < 4.78 is 5.04. The first-order valence-electron chi connectivity index (χ1n) is 7.90. The number of nitrogens with two attached hydrogens (primary N) is 1. The molecule has 0 aliphatic carbocycles. The average Bonchev–Trinajstić information content (AvgIpc) is 2.46. The molecule has 1 fully saturated rings. The van der Waals surface area contributed by atoms with E-state index in [4.69, 9.17) is 10.5 Å². The molecule has 0 radical (unpaired) electrons. The Labute approximate surface area is 151 Å². The van der Waals surface area contributed by atoms with Crippen LogP contribution in [0, 0.1) is 5.92 Å². The van der Waals surface area contributed by atoms with E-state index < -0.39 is 0 Å². The number of hydrogen-bond acceptors (Lipinski definition) is 3. The molecule has 1 aliphatic rings. The lowest BCUT2D eigenvalue weighted by molar-refractivity contribution is -0.119. The maximum Gasteiger partial charge on any atom is 0.217 e. The smallest absolute Gasteiger partial charge is 0.217 e. The molecule has 1 heterocycles. The predicted molar refractivity (Wildman–Crippen MR) is 101 cm³/mol. The molecule has 1 unspecified atom stereocenters. The van der Waals surface area contributed by atoms with E-state index in [2.05, 4.69) is 15.2 Å². The molecule has 7 heteroatoms. The van der Waals surface area contributed by atoms with E-state index in [1.165, 1.54) is 0 Å². The van der Waals surface area contributed by atoms with Crippen LogP contribution in [-0.2, 0) is 9.53 Å². The Kier molecular flexibility index (Phi) is 12.6. The number of likely N-dealkylation sites (tertiary alicyclic amines) is 1. The molecule has 0 spiro atoms. The van der Waals surface area contributed by atoms with Gasteiger partial charge in [-0.3, -0.25) is 9.79 Å². The molecule has 0 aromatic carbocycles. The highest BCUT2D eigenvalue weighted by Crippen LogP contribution is 2.19. The van der Waals surface area contributed by atoms with Gasteiger partial charge in [0.25, 0.3) is 0 Å². The molecular formula is C15H31IN4O2. The van der Waals surface area contributed by atoms with Crippen molar-refractivity contribution in [3.05, 3.63) is 0 Å². The van der Waals surface area contributed by atoms with Crippen LogP contribution in [0.25, 0.3) is 0 Å². The SMILES string of the molecule is CN=C(NCCCCCOC)N1CCCC(CC(N)=O)C1.I. The Balaban J connectivity index is 0.00000441. The lowest BCUT2D eigenvalue weighted by atomic mass is 9.95. The summed E-state index contributed by atoms with van der Waals surface area (Å²) in [5, 5.41) is 3.41. The second-order valence-electron chi connectivity index (χ2n) is 5.65. The summed E-state index contributed by atoms with van der Waals surface area (Å²) in [7, 11) is 3.55. The van der Waals surface area contributed by atoms with Gasteiger partial charge in [-0.1, -0.05) is 0 Å². The fraction of sp³-hybridized carbons (Fsp3) is 0.867. The molecule has 6 nitrogen and oxygen atoms in total. The van der Waals surface area contributed by atoms with Crippen LogP contribution in [-0.4, -0.2) is 57.2 Å². The first kappa shape index (κ1) is 21.4. The Morgan fingerprint density at radius 1 is 1.41 bits per heavy atom. The maximum atomic E-state index is 11.1. The summed E-state index contributed by atoms with van der Waals surface area (Å²) in [6, 6.07) is 0. The highest BCUT2D eigenvalue weighted by molar-refractivity contribution is 14.0. The number of methoxy groups -OCH3 is 1. The lowest BCUT2D eigenvalue weighted by Crippen LogP contribution is -2.47. The third-order valence-electron chi connectivity index (χ3n) is 3.83. The van der Waals surface area contributed by atoms with Gasteiger partial charge in [-0.05, 0) is 38.0 Å². The minimum absolute atomic E-state index is 0. The van der Waals surface area contributed by atoms with E-state index in [-0.39, 0.29) is 29.9 Å². The molecule has 0 aromatic rings. The van der Waals surface area contributed by atoms with E-state index >= 15 is 0 Å². The Morgan fingerprint density at radius 2 is 2.18 bits per heavy atom. The number of amides is 1. The summed E-state index contributed by atoms with van der Waals surface area (Å²) in [5.41, 5.74) is 5.30. The Bertz CT molecular complexity index is 340. The van der Waals surface area contributed by atoms with Crippen molar-refractivity contribution in [2.45, 2.75) is 38.5 Å². The number of unbranched alkanes of at least 4 members (excludes halogenated alkanes) is 2. The first-order chi connectivity index (χ1) is 10.2. The fourth-order valence-electron chi connectivity index (χ4n) is 2.79. The van der Waals surface area contributed by atoms with E-state index in [0.717, 1.165) is 64.3 Å². The van der Waals surface area contributed by atoms with Crippen molar-refractivity contribution in [3.8, 4) is 0 Å². The number of ether oxygens (including phenoxy) is 1. The van der Waals surface area contributed by atoms with Crippen molar-refractivity contribution in [3.63, 3.8) is 0 Å². The number of nitrogens with one attached hydrogen (secondary N) is 1. The number of aliphatic imine (C=N–C) groups is 1. The van der Waals surface area contributed by atoms with E-state index in [0.29, 0.717) is 12.3 Å². The quantitative estimate of drug-likeness (QED) is 0.267. The van der Waals surface area contributed by atoms with Crippen molar-refractivity contribution < 1.29 is 9.53 Å². The van der Waals surface area contributed by atoms with Crippen LogP contribution in [0.4, 0.5) is 0 Å². The van der Waals surface area contributed by atoms with E-state index in [1.54, 1.807) is 7.11 Å². The lowest BCUT2D eigenvalue weighted by Gasteiger charge is -2.34. The summed E-state index contributed by atoms with van der Waals surface area (Å²) >= 11 is 0. The Hall–Kier alpha value is -0.570. The molecule has 0 aromatic heterocycles. The zero-order chi connectivity index (χ0) is 15.5. The van der Waals surface area contributed by atoms with E-state index in [9.17, 15) is 4.79 Å². The van der Waals surface area contributed by atoms with Gasteiger partial charge in [0.05, 0.1) is 0 Å². The van der Waals surface area contributed by atoms with Crippen molar-refractivity contribution in [2.24, 2.45) is 16.6 Å². The minimum atomic E-state index is -0.206. The van der Waals surface area contributed by atoms with Gasteiger partial charge < -0.3 is 20.7 Å². The van der Waals surface area contributed by atoms with Gasteiger partial charge >= 0.3 is 0 Å². The number of primary amides is 1. The highest BCUT2D eigenvalue weighted by Gasteiger charge is 2.23. The largest absolute Gasteiger partial charge is 0.385 e. The van der Waals surface area contributed by atoms with Gasteiger partial charge in [0.2, 0.25) is 5.91 Å². The van der Waals surface area contributed by atoms with Crippen LogP contribution in [0.5, 0.6) is 0 Å². The van der Waals surface area contributed by atoms with E-state index in [1.807, 2.05) is 7.05 Å². The second-order valence-corrected chi connectivity index (χ2v) is 5.65. The molecule has 1 aliphatic heterocycles. The predicted octanol–water partition coefficient (Wildman–Crippen LogP) is 1.58. The van der Waals surface area contributed by atoms with Gasteiger partial charge in [0.1, 0.15) is 0 Å². The van der Waals surface area contributed by atoms with Gasteiger partial charge in [-0.15, -0.1) is 24.0 Å². The number of halogens is 1. The summed E-state index contributed by atoms with van der Waals surface area (Å²) in [5.74, 6) is 1.09. The second kappa shape index (κ2) is 12.9. The summed E-state index contributed by atoms with van der Waals surface area (Å²) in [6.45, 7) is 3.62. The highest BCUT2D eigenvalue weighted by atomic mass is 127. The number of guanidine groups is 1. The molecule has 0 bridgehead atoms. The number of rotatable bonds is 8. The standard InChI is InChI=1S/C15H30N4O2.HI/c1-17-15(18-8-4-3-5-10-21-2)19-9-6-7-13(12-19)11-14(16)20;/h13H,3-12H2,1-2H3,(H2,16,20)(H,17,18);1H. The molecule has 22 heavy (non-hydrogen) atoms. The topological polar surface area (TPSA) is 80.0 Å². The molecule has 0 saturated carbocycles. The average molecular weight is 426 g/mol. The monoisotopic (exact) mass is 426 g/mol. The van der Waals surface area contributed by atoms with Crippen LogP contribution in [0.3, 0.4) is 0 Å². The molecule has 1 atom stereocenters. The summed E-state index contributed by atoms with van der Waals surface area (Å²) in [4.78, 5) is 17.7. The van der Waals surface area contributed by atoms with Crippen molar-refractivity contribution >= 4 is 35.8 Å². The zero-order valence-corrected chi connectivity index (χ0v) is 16.2. The third kappa shape index (κ3) is 8.77. The number of piperidine rings is 1. The molecule has 1 amide bonds. The van der Waals surface area contributed by atoms with Gasteiger partial charge in [0.15, 0.2) is 5.96 Å². The molecule has 1 rings (SSSR count). The van der Waals surface area contributed by atoms with Gasteiger partial charge in [0, 0.05) is 46.8 Å². The van der Waals surface area contributed by atoms with Crippen LogP contribution >= 0.6 is 24.0 Å². The third-order valence-corrected chi connectivity index (χ3v) is 3.83. The van der Waals surface area contributed by atoms with Crippen molar-refractivity contribution in [1.82, 2.24) is 10.2 Å². The van der Waals surface area contributed by atoms with Crippen LogP contribution in [0.15, 0.2) is 4.99 Å². The molecule has 3 N–H and O–H groups in total. The molecular weight excluding hydrogens is 395 g/mol. The van der Waals surface area contributed by atoms with Crippen molar-refractivity contribution in [2.75, 3.05) is 40.4 Å². The van der Waals surface area contributed by atoms with Gasteiger partial charge in [-0.25, -0.2) is 0 Å². The minimum Gasteiger partial charge on any atom is -0.385 e. The maximum absolute atomic E-state index is 11.1. The van der Waals surface area contributed by atoms with Crippen molar-refractivity contribution in [1.29, 1.82) is 0 Å². The number of carbonyl (C=O) groups excluding carboxylic acids is 1. The number of hydrogen-bond donors (Lipinski definition) is 2. The van der Waals surface area contributed by atoms with Crippen LogP contribution < -0.4 is 11.1 Å². The zero-order valence-electron chi connectivity index (χ0n) is 13.8. The fourth-order valence-corrected chi connectivity index (χ4v) is 2.79. The van der Waals surface area contributed by atoms with Crippen LogP contribution in [0.2, 0.25) is 0 Å². The normalized spacial score (nSPS) is 18.7. The first-order valence-corrected chi connectivity index (χ1v) is 7.90. The van der Waals surface area contributed by atoms with Crippen LogP contribution in [0.1, 0.15) is 38.5 Å². The molecule has 1 saturated heterocycles. The number of carbonyl (C=O) groups is 1. The summed E-state index contributed by atoms with van der Waals surface area (Å²) in [6.07, 6.45) is 6.01. The van der Waals surface area contributed by atoms with Gasteiger partial charge in [-0.2, -0.15) is 0 Å². The Morgan fingerprint density at radius 3 is 2.82 bits per heavy atom. The number of nitrogens with zero attached hydrogens (tertiary/aromatic N) is 2.